The van der Waals surface area contributed by atoms with E-state index in [1.54, 1.807) is 20.8 Å². The van der Waals surface area contributed by atoms with Crippen molar-refractivity contribution in [3.63, 3.8) is 0 Å². The summed E-state index contributed by atoms with van der Waals surface area (Å²) >= 11 is 0. The molecule has 1 aliphatic rings. The topological polar surface area (TPSA) is 143 Å². The van der Waals surface area contributed by atoms with Gasteiger partial charge in [0.2, 0.25) is 17.7 Å². The Labute approximate surface area is 276 Å². The molecule has 0 saturated carbocycles. The van der Waals surface area contributed by atoms with E-state index in [-0.39, 0.29) is 19.1 Å². The summed E-state index contributed by atoms with van der Waals surface area (Å²) in [5.74, 6) is -3.54. The zero-order valence-corrected chi connectivity index (χ0v) is 28.7. The molecule has 0 radical (unpaired) electrons. The van der Waals surface area contributed by atoms with Crippen LogP contribution < -0.4 is 16.0 Å². The lowest BCUT2D eigenvalue weighted by Crippen LogP contribution is -2.60. The number of carbonyl (C=O) groups excluding carboxylic acids is 4. The summed E-state index contributed by atoms with van der Waals surface area (Å²) in [6, 6.07) is 5.88. The first-order valence-electron chi connectivity index (χ1n) is 17.5. The van der Waals surface area contributed by atoms with Gasteiger partial charge >= 0.3 is 5.97 Å². The van der Waals surface area contributed by atoms with Gasteiger partial charge in [0.15, 0.2) is 6.04 Å². The lowest BCUT2D eigenvalue weighted by Gasteiger charge is -2.28. The van der Waals surface area contributed by atoms with E-state index in [1.165, 1.54) is 51.9 Å². The highest BCUT2D eigenvalue weighted by Gasteiger charge is 2.37. The van der Waals surface area contributed by atoms with Crippen LogP contribution in [0.3, 0.4) is 0 Å². The summed E-state index contributed by atoms with van der Waals surface area (Å²) < 4.78 is 11.8. The maximum absolute atomic E-state index is 13.6. The number of hydrogen-bond donors (Lipinski definition) is 4. The van der Waals surface area contributed by atoms with Crippen molar-refractivity contribution >= 4 is 23.7 Å². The molecule has 0 bridgehead atoms. The van der Waals surface area contributed by atoms with E-state index in [4.69, 9.17) is 9.47 Å². The van der Waals surface area contributed by atoms with Gasteiger partial charge in [0.25, 0.3) is 0 Å². The fourth-order valence-electron chi connectivity index (χ4n) is 5.59. The molecular weight excluding hydrogens is 586 g/mol. The van der Waals surface area contributed by atoms with Crippen molar-refractivity contribution in [1.29, 1.82) is 0 Å². The number of aliphatic hydroxyl groups excluding tert-OH is 1. The average molecular weight is 646 g/mol. The van der Waals surface area contributed by atoms with E-state index in [1.807, 2.05) is 30.3 Å². The number of carbonyl (C=O) groups is 4. The van der Waals surface area contributed by atoms with Gasteiger partial charge in [-0.25, -0.2) is 4.79 Å². The van der Waals surface area contributed by atoms with Gasteiger partial charge in [-0.15, -0.1) is 0 Å². The Kier molecular flexibility index (Phi) is 18.5. The molecule has 10 heteroatoms. The van der Waals surface area contributed by atoms with E-state index in [2.05, 4.69) is 22.9 Å². The molecule has 4 N–H and O–H groups in total. The Bertz CT molecular complexity index is 1050. The van der Waals surface area contributed by atoms with Crippen molar-refractivity contribution in [1.82, 2.24) is 16.0 Å². The predicted octanol–water partition coefficient (Wildman–Crippen LogP) is 4.96. The Hall–Kier alpha value is -2.98. The summed E-state index contributed by atoms with van der Waals surface area (Å²) in [5, 5.41) is 18.4. The van der Waals surface area contributed by atoms with Crippen LogP contribution in [0.25, 0.3) is 0 Å². The van der Waals surface area contributed by atoms with Gasteiger partial charge in [-0.05, 0) is 31.2 Å². The minimum atomic E-state index is -1.36. The molecule has 1 fully saturated rings. The molecule has 2 rings (SSSR count). The zero-order chi connectivity index (χ0) is 33.9. The summed E-state index contributed by atoms with van der Waals surface area (Å²) in [7, 11) is 0. The van der Waals surface area contributed by atoms with Crippen LogP contribution in [0, 0.1) is 11.8 Å². The van der Waals surface area contributed by atoms with Crippen LogP contribution in [-0.2, 0) is 35.3 Å². The van der Waals surface area contributed by atoms with E-state index in [9.17, 15) is 24.3 Å². The molecular formula is C36H59N3O7. The summed E-state index contributed by atoms with van der Waals surface area (Å²) in [4.78, 5) is 53.6. The van der Waals surface area contributed by atoms with Gasteiger partial charge in [0.05, 0.1) is 25.2 Å². The second kappa shape index (κ2) is 21.7. The van der Waals surface area contributed by atoms with Gasteiger partial charge in [0.1, 0.15) is 18.2 Å². The van der Waals surface area contributed by atoms with Crippen molar-refractivity contribution in [2.45, 2.75) is 149 Å². The maximum atomic E-state index is 13.6. The average Bonchev–Trinajstić information content (AvgIpc) is 3.03. The van der Waals surface area contributed by atoms with Crippen LogP contribution in [0.2, 0.25) is 0 Å². The minimum absolute atomic E-state index is 0.194. The van der Waals surface area contributed by atoms with Gasteiger partial charge in [-0.1, -0.05) is 122 Å². The highest BCUT2D eigenvalue weighted by Crippen LogP contribution is 2.20. The van der Waals surface area contributed by atoms with Gasteiger partial charge in [-0.2, -0.15) is 0 Å². The molecule has 46 heavy (non-hydrogen) atoms. The number of esters is 1. The van der Waals surface area contributed by atoms with E-state index in [0.29, 0.717) is 6.42 Å². The molecule has 0 unspecified atom stereocenters. The maximum Gasteiger partial charge on any atom is 0.331 e. The Morgan fingerprint density at radius 1 is 0.761 bits per heavy atom. The standard InChI is InChI=1S/C36H59N3O7/c1-6-7-8-9-10-11-12-13-14-15-19-22-30-26(4)33(41)38-31(25(2)3)34(42)39-32(27(5)40)35(43)37-29(36(44)46-30)24-45-23-28-20-17-16-18-21-28/h16-18,20-21,25-27,29-32,40H,6-15,19,22-24H2,1-5H3,(H,37,43)(H,38,41)(H,39,42)/t26-,27+,29-,30-,31-,32-/m0/s1. The number of hydrogen-bond acceptors (Lipinski definition) is 7. The lowest BCUT2D eigenvalue weighted by molar-refractivity contribution is -0.159. The SMILES string of the molecule is CCCCCCCCCCCCC[C@@H]1OC(=O)[C@H](COCc2ccccc2)NC(=O)[C@H]([C@@H](C)O)NC(=O)[C@H](C(C)C)NC(=O)[C@H]1C. The van der Waals surface area contributed by atoms with Crippen LogP contribution in [0.15, 0.2) is 30.3 Å². The molecule has 1 aromatic carbocycles. The molecule has 0 spiro atoms. The largest absolute Gasteiger partial charge is 0.460 e. The lowest BCUT2D eigenvalue weighted by atomic mass is 9.95. The van der Waals surface area contributed by atoms with E-state index < -0.39 is 59.9 Å². The van der Waals surface area contributed by atoms with Crippen molar-refractivity contribution in [2.24, 2.45) is 11.8 Å². The van der Waals surface area contributed by atoms with Gasteiger partial charge < -0.3 is 30.5 Å². The Morgan fingerprint density at radius 3 is 1.87 bits per heavy atom. The normalized spacial score (nSPS) is 23.8. The van der Waals surface area contributed by atoms with Crippen LogP contribution in [0.1, 0.15) is 117 Å². The molecule has 10 nitrogen and oxygen atoms in total. The van der Waals surface area contributed by atoms with Crippen LogP contribution in [0.5, 0.6) is 0 Å². The first-order valence-corrected chi connectivity index (χ1v) is 17.5. The second-order valence-electron chi connectivity index (χ2n) is 13.1. The van der Waals surface area contributed by atoms with Crippen LogP contribution >= 0.6 is 0 Å². The minimum Gasteiger partial charge on any atom is -0.460 e. The molecule has 0 aliphatic carbocycles. The van der Waals surface area contributed by atoms with Gasteiger partial charge in [-0.3, -0.25) is 14.4 Å². The Balaban J connectivity index is 2.16. The van der Waals surface area contributed by atoms with E-state index in [0.717, 1.165) is 31.2 Å². The van der Waals surface area contributed by atoms with Gasteiger partial charge in [0, 0.05) is 0 Å². The predicted molar refractivity (Wildman–Crippen MR) is 179 cm³/mol. The smallest absolute Gasteiger partial charge is 0.331 e. The highest BCUT2D eigenvalue weighted by molar-refractivity contribution is 5.94. The molecule has 1 saturated heterocycles. The third kappa shape index (κ3) is 14.2. The second-order valence-corrected chi connectivity index (χ2v) is 13.1. The quantitative estimate of drug-likeness (QED) is 0.131. The molecule has 6 atom stereocenters. The van der Waals surface area contributed by atoms with Crippen LogP contribution in [-0.4, -0.2) is 65.7 Å². The van der Waals surface area contributed by atoms with E-state index >= 15 is 0 Å². The number of cyclic esters (lactones) is 1. The molecule has 260 valence electrons. The zero-order valence-electron chi connectivity index (χ0n) is 28.7. The van der Waals surface area contributed by atoms with Crippen LogP contribution in [0.4, 0.5) is 0 Å². The number of unbranched alkanes of at least 4 members (excludes halogenated alkanes) is 10. The summed E-state index contributed by atoms with van der Waals surface area (Å²) in [5.41, 5.74) is 0.889. The summed E-state index contributed by atoms with van der Waals surface area (Å²) in [6.45, 7) is 8.87. The first-order chi connectivity index (χ1) is 22.0. The fraction of sp³-hybridized carbons (Fsp3) is 0.722. The number of amides is 3. The molecule has 1 aliphatic heterocycles. The van der Waals surface area contributed by atoms with Crippen molar-refractivity contribution in [3.05, 3.63) is 35.9 Å². The third-order valence-electron chi connectivity index (χ3n) is 8.64. The monoisotopic (exact) mass is 645 g/mol. The van der Waals surface area contributed by atoms with Crippen molar-refractivity contribution in [2.75, 3.05) is 6.61 Å². The Morgan fingerprint density at radius 2 is 1.30 bits per heavy atom. The van der Waals surface area contributed by atoms with Crippen molar-refractivity contribution < 1.29 is 33.8 Å². The van der Waals surface area contributed by atoms with Crippen molar-refractivity contribution in [3.8, 4) is 0 Å². The number of aliphatic hydroxyl groups is 1. The molecule has 1 heterocycles. The third-order valence-corrected chi connectivity index (χ3v) is 8.64. The molecule has 1 aromatic rings. The number of nitrogens with one attached hydrogen (secondary N) is 3. The first kappa shape index (κ1) is 39.2. The number of benzene rings is 1. The summed E-state index contributed by atoms with van der Waals surface area (Å²) in [6.07, 6.45) is 11.3. The highest BCUT2D eigenvalue weighted by atomic mass is 16.5. The number of ether oxygens (including phenoxy) is 2. The number of rotatable bonds is 18. The fourth-order valence-corrected chi connectivity index (χ4v) is 5.59. The molecule has 0 aromatic heterocycles. The molecule has 3 amide bonds.